The van der Waals surface area contributed by atoms with Gasteiger partial charge in [-0.3, -0.25) is 4.72 Å². The Morgan fingerprint density at radius 2 is 1.60 bits per heavy atom. The van der Waals surface area contributed by atoms with E-state index in [0.717, 1.165) is 36.4 Å². The van der Waals surface area contributed by atoms with Crippen LogP contribution in [-0.2, 0) is 16.6 Å². The summed E-state index contributed by atoms with van der Waals surface area (Å²) in [5.74, 6) is -1.34. The number of halogens is 8. The average molecular weight is 627 g/mol. The first-order valence-corrected chi connectivity index (χ1v) is 13.8. The van der Waals surface area contributed by atoms with Crippen molar-refractivity contribution < 1.29 is 53.4 Å². The molecule has 0 aliphatic carbocycles. The van der Waals surface area contributed by atoms with E-state index in [1.807, 2.05) is 0 Å². The lowest BCUT2D eigenvalue weighted by Gasteiger charge is -2.35. The van der Waals surface area contributed by atoms with Crippen LogP contribution in [0.3, 0.4) is 0 Å². The molecule has 0 fully saturated rings. The van der Waals surface area contributed by atoms with Crippen molar-refractivity contribution in [3.05, 3.63) is 84.2 Å². The lowest BCUT2D eigenvalue weighted by molar-refractivity contribution is -0.253. The third-order valence-electron chi connectivity index (χ3n) is 5.83. The molecule has 15 heteroatoms. The highest BCUT2D eigenvalue weighted by molar-refractivity contribution is 7.92. The second-order valence-electron chi connectivity index (χ2n) is 9.41. The van der Waals surface area contributed by atoms with Crippen LogP contribution in [-0.4, -0.2) is 44.4 Å². The SMILES string of the molecule is CC(O)CC(CC(F)(F)F)N(Cc1cccc(OC(F)(F)C(F)F)c1)c1cccc(NS(=O)(=O)c2ccc(F)cc2)c1. The molecule has 0 bridgehead atoms. The summed E-state index contributed by atoms with van der Waals surface area (Å²) >= 11 is 0. The number of rotatable bonds is 13. The van der Waals surface area contributed by atoms with Crippen LogP contribution in [0.25, 0.3) is 0 Å². The highest BCUT2D eigenvalue weighted by atomic mass is 32.2. The zero-order valence-corrected chi connectivity index (χ0v) is 22.6. The number of anilines is 2. The molecule has 0 spiro atoms. The third-order valence-corrected chi connectivity index (χ3v) is 7.23. The van der Waals surface area contributed by atoms with E-state index in [4.69, 9.17) is 0 Å². The number of aliphatic hydroxyl groups is 1. The van der Waals surface area contributed by atoms with Crippen LogP contribution in [0.5, 0.6) is 5.75 Å². The molecular formula is C27H26F8N2O4S. The molecule has 0 heterocycles. The Labute approximate surface area is 236 Å². The number of ether oxygens (including phenoxy) is 1. The summed E-state index contributed by atoms with van der Waals surface area (Å²) in [6.45, 7) is 0.870. The molecule has 6 nitrogen and oxygen atoms in total. The molecule has 0 radical (unpaired) electrons. The summed E-state index contributed by atoms with van der Waals surface area (Å²) in [5.41, 5.74) is 0.0688. The highest BCUT2D eigenvalue weighted by Gasteiger charge is 2.44. The van der Waals surface area contributed by atoms with Gasteiger partial charge in [0.05, 0.1) is 23.1 Å². The largest absolute Gasteiger partial charge is 0.461 e. The first kappa shape index (κ1) is 32.9. The van der Waals surface area contributed by atoms with E-state index in [1.165, 1.54) is 48.2 Å². The lowest BCUT2D eigenvalue weighted by atomic mass is 10.0. The number of hydrogen-bond acceptors (Lipinski definition) is 5. The van der Waals surface area contributed by atoms with Gasteiger partial charge in [0.2, 0.25) is 0 Å². The number of nitrogens with one attached hydrogen (secondary N) is 1. The summed E-state index contributed by atoms with van der Waals surface area (Å²) in [6, 6.07) is 12.2. The van der Waals surface area contributed by atoms with Gasteiger partial charge in [-0.2, -0.15) is 30.7 Å². The van der Waals surface area contributed by atoms with E-state index in [2.05, 4.69) is 9.46 Å². The van der Waals surface area contributed by atoms with Crippen molar-refractivity contribution in [2.24, 2.45) is 0 Å². The summed E-state index contributed by atoms with van der Waals surface area (Å²) in [5, 5.41) is 9.97. The maximum atomic E-state index is 13.6. The molecule has 0 aliphatic rings. The van der Waals surface area contributed by atoms with Gasteiger partial charge in [0.25, 0.3) is 10.0 Å². The van der Waals surface area contributed by atoms with Crippen molar-refractivity contribution in [2.75, 3.05) is 9.62 Å². The molecule has 3 rings (SSSR count). The van der Waals surface area contributed by atoms with Crippen molar-refractivity contribution in [1.29, 1.82) is 0 Å². The van der Waals surface area contributed by atoms with Crippen molar-refractivity contribution in [2.45, 2.75) is 62.1 Å². The van der Waals surface area contributed by atoms with Gasteiger partial charge in [0, 0.05) is 18.3 Å². The molecule has 0 aliphatic heterocycles. The normalized spacial score (nSPS) is 14.0. The zero-order valence-electron chi connectivity index (χ0n) is 21.8. The van der Waals surface area contributed by atoms with Gasteiger partial charge >= 0.3 is 18.7 Å². The molecule has 0 amide bonds. The maximum absolute atomic E-state index is 13.6. The van der Waals surface area contributed by atoms with Crippen LogP contribution in [0.4, 0.5) is 46.5 Å². The summed E-state index contributed by atoms with van der Waals surface area (Å²) in [4.78, 5) is 0.896. The fourth-order valence-corrected chi connectivity index (χ4v) is 5.14. The molecule has 42 heavy (non-hydrogen) atoms. The lowest BCUT2D eigenvalue weighted by Crippen LogP contribution is -2.40. The Morgan fingerprint density at radius 1 is 0.952 bits per heavy atom. The van der Waals surface area contributed by atoms with Gasteiger partial charge < -0.3 is 14.7 Å². The summed E-state index contributed by atoms with van der Waals surface area (Å²) in [6.07, 6.45) is -16.7. The van der Waals surface area contributed by atoms with E-state index in [-0.39, 0.29) is 21.8 Å². The van der Waals surface area contributed by atoms with Gasteiger partial charge in [-0.15, -0.1) is 0 Å². The maximum Gasteiger partial charge on any atom is 0.461 e. The molecule has 0 saturated carbocycles. The Balaban J connectivity index is 2.01. The molecule has 0 aromatic heterocycles. The highest BCUT2D eigenvalue weighted by Crippen LogP contribution is 2.34. The van der Waals surface area contributed by atoms with Gasteiger partial charge in [0.1, 0.15) is 11.6 Å². The van der Waals surface area contributed by atoms with Crippen molar-refractivity contribution in [3.8, 4) is 5.75 Å². The molecule has 3 aromatic rings. The minimum absolute atomic E-state index is 0.0495. The minimum Gasteiger partial charge on any atom is -0.428 e. The standard InChI is InChI=1S/C27H26F8N2O4S/c1-17(38)12-22(15-26(31,32)33)37(16-18-4-2-7-23(13-18)41-27(34,35)25(29)30)21-6-3-5-20(14-21)36-42(39,40)24-10-8-19(28)9-11-24/h2-11,13-14,17,22,25,36,38H,12,15-16H2,1H3. The van der Waals surface area contributed by atoms with E-state index >= 15 is 0 Å². The first-order valence-electron chi connectivity index (χ1n) is 12.3. The Hall–Kier alpha value is -3.59. The Morgan fingerprint density at radius 3 is 2.19 bits per heavy atom. The zero-order chi connectivity index (χ0) is 31.3. The fraction of sp³-hybridized carbons (Fsp3) is 0.333. The van der Waals surface area contributed by atoms with Crippen LogP contribution >= 0.6 is 0 Å². The van der Waals surface area contributed by atoms with Crippen LogP contribution < -0.4 is 14.4 Å². The monoisotopic (exact) mass is 626 g/mol. The molecule has 3 aromatic carbocycles. The predicted octanol–water partition coefficient (Wildman–Crippen LogP) is 6.96. The van der Waals surface area contributed by atoms with E-state index < -0.39 is 71.8 Å². The molecular weight excluding hydrogens is 600 g/mol. The number of nitrogens with zero attached hydrogens (tertiary/aromatic N) is 1. The quantitative estimate of drug-likeness (QED) is 0.201. The van der Waals surface area contributed by atoms with Crippen molar-refractivity contribution in [3.63, 3.8) is 0 Å². The van der Waals surface area contributed by atoms with Gasteiger partial charge in [-0.05, 0) is 73.5 Å². The van der Waals surface area contributed by atoms with Crippen molar-refractivity contribution >= 4 is 21.4 Å². The van der Waals surface area contributed by atoms with Crippen LogP contribution in [0.15, 0.2) is 77.7 Å². The van der Waals surface area contributed by atoms with Crippen LogP contribution in [0.2, 0.25) is 0 Å². The van der Waals surface area contributed by atoms with Gasteiger partial charge in [-0.1, -0.05) is 18.2 Å². The molecule has 2 N–H and O–H groups in total. The summed E-state index contributed by atoms with van der Waals surface area (Å²) < 4.78 is 138. The van der Waals surface area contributed by atoms with Gasteiger partial charge in [0.15, 0.2) is 0 Å². The molecule has 230 valence electrons. The number of alkyl halides is 7. The predicted molar refractivity (Wildman–Crippen MR) is 139 cm³/mol. The number of sulfonamides is 1. The second-order valence-corrected chi connectivity index (χ2v) is 11.1. The first-order chi connectivity index (χ1) is 19.4. The van der Waals surface area contributed by atoms with E-state index in [0.29, 0.717) is 0 Å². The third kappa shape index (κ3) is 9.48. The average Bonchev–Trinajstić information content (AvgIpc) is 2.86. The smallest absolute Gasteiger partial charge is 0.428 e. The number of benzene rings is 3. The van der Waals surface area contributed by atoms with Crippen molar-refractivity contribution in [1.82, 2.24) is 0 Å². The fourth-order valence-electron chi connectivity index (χ4n) is 4.09. The number of hydrogen-bond donors (Lipinski definition) is 2. The van der Waals surface area contributed by atoms with Crippen LogP contribution in [0.1, 0.15) is 25.3 Å². The molecule has 2 atom stereocenters. The topological polar surface area (TPSA) is 78.9 Å². The van der Waals surface area contributed by atoms with Gasteiger partial charge in [-0.25, -0.2) is 12.8 Å². The number of aliphatic hydroxyl groups excluding tert-OH is 1. The Bertz CT molecular complexity index is 1430. The Kier molecular flexibility index (Phi) is 10.3. The molecule has 2 unspecified atom stereocenters. The van der Waals surface area contributed by atoms with E-state index in [1.54, 1.807) is 0 Å². The van der Waals surface area contributed by atoms with Crippen LogP contribution in [0, 0.1) is 5.82 Å². The second kappa shape index (κ2) is 13.2. The minimum atomic E-state index is -4.82. The van der Waals surface area contributed by atoms with E-state index in [9.17, 15) is 48.6 Å². The molecule has 0 saturated heterocycles. The summed E-state index contributed by atoms with van der Waals surface area (Å²) in [7, 11) is -4.23.